The van der Waals surface area contributed by atoms with Crippen LogP contribution in [0.2, 0.25) is 0 Å². The Balaban J connectivity index is 2.32. The fraction of sp³-hybridized carbons (Fsp3) is 0.312. The van der Waals surface area contributed by atoms with E-state index in [2.05, 4.69) is 9.97 Å². The molecule has 0 aliphatic heterocycles. The van der Waals surface area contributed by atoms with E-state index in [0.717, 1.165) is 22.5 Å². The van der Waals surface area contributed by atoms with Crippen molar-refractivity contribution in [2.45, 2.75) is 33.1 Å². The summed E-state index contributed by atoms with van der Waals surface area (Å²) in [5, 5.41) is 9.45. The number of hydrogen-bond donors (Lipinski definition) is 1. The van der Waals surface area contributed by atoms with E-state index in [9.17, 15) is 9.90 Å². The Kier molecular flexibility index (Phi) is 4.13. The van der Waals surface area contributed by atoms with Crippen molar-refractivity contribution in [3.8, 4) is 0 Å². The molecule has 0 radical (unpaired) electrons. The summed E-state index contributed by atoms with van der Waals surface area (Å²) < 4.78 is 0. The molecule has 1 aromatic carbocycles. The molecule has 0 amide bonds. The van der Waals surface area contributed by atoms with Crippen molar-refractivity contribution in [1.29, 1.82) is 0 Å². The zero-order valence-corrected chi connectivity index (χ0v) is 11.9. The minimum atomic E-state index is -0.871. The third-order valence-corrected chi connectivity index (χ3v) is 3.39. The van der Waals surface area contributed by atoms with Gasteiger partial charge in [-0.05, 0) is 32.8 Å². The first-order valence-electron chi connectivity index (χ1n) is 6.56. The molecular weight excluding hydrogens is 252 g/mol. The Morgan fingerprint density at radius 2 is 2.00 bits per heavy atom. The van der Waals surface area contributed by atoms with Gasteiger partial charge in [0.25, 0.3) is 0 Å². The van der Waals surface area contributed by atoms with Gasteiger partial charge in [0.1, 0.15) is 5.92 Å². The number of aromatic nitrogens is 2. The molecule has 0 fully saturated rings. The Morgan fingerprint density at radius 1 is 1.25 bits per heavy atom. The number of carboxylic acid groups (broad SMARTS) is 1. The molecule has 0 bridgehead atoms. The lowest BCUT2D eigenvalue weighted by Crippen LogP contribution is -2.17. The highest BCUT2D eigenvalue weighted by Gasteiger charge is 2.22. The van der Waals surface area contributed by atoms with E-state index in [1.54, 1.807) is 6.20 Å². The lowest BCUT2D eigenvalue weighted by Gasteiger charge is -2.13. The second-order valence-corrected chi connectivity index (χ2v) is 5.05. The van der Waals surface area contributed by atoms with Crippen molar-refractivity contribution >= 4 is 5.97 Å². The molecule has 0 saturated carbocycles. The minimum Gasteiger partial charge on any atom is -0.481 e. The average molecular weight is 270 g/mol. The Hall–Kier alpha value is -2.23. The lowest BCUT2D eigenvalue weighted by molar-refractivity contribution is -0.138. The molecule has 4 nitrogen and oxygen atoms in total. The molecule has 0 saturated heterocycles. The molecule has 0 spiro atoms. The van der Waals surface area contributed by atoms with E-state index in [-0.39, 0.29) is 0 Å². The summed E-state index contributed by atoms with van der Waals surface area (Å²) >= 11 is 0. The molecule has 1 atom stereocenters. The number of aliphatic carboxylic acids is 1. The quantitative estimate of drug-likeness (QED) is 0.928. The Morgan fingerprint density at radius 3 is 2.60 bits per heavy atom. The molecule has 20 heavy (non-hydrogen) atoms. The normalized spacial score (nSPS) is 12.2. The maximum absolute atomic E-state index is 11.5. The van der Waals surface area contributed by atoms with E-state index in [0.29, 0.717) is 12.1 Å². The number of nitrogens with zero attached hydrogens (tertiary/aromatic N) is 2. The van der Waals surface area contributed by atoms with Gasteiger partial charge in [0.2, 0.25) is 0 Å². The van der Waals surface area contributed by atoms with Gasteiger partial charge >= 0.3 is 5.97 Å². The van der Waals surface area contributed by atoms with Crippen LogP contribution in [0.15, 0.2) is 30.5 Å². The highest BCUT2D eigenvalue weighted by Crippen LogP contribution is 2.20. The number of hydrogen-bond acceptors (Lipinski definition) is 3. The highest BCUT2D eigenvalue weighted by atomic mass is 16.4. The Bertz CT molecular complexity index is 638. The van der Waals surface area contributed by atoms with E-state index in [1.807, 2.05) is 45.0 Å². The summed E-state index contributed by atoms with van der Waals surface area (Å²) in [5.74, 6) is -1.53. The van der Waals surface area contributed by atoms with Gasteiger partial charge < -0.3 is 5.11 Å². The number of carboxylic acids is 1. The molecule has 4 heteroatoms. The molecule has 104 valence electrons. The van der Waals surface area contributed by atoms with Gasteiger partial charge in [-0.15, -0.1) is 0 Å². The smallest absolute Gasteiger partial charge is 0.312 e. The summed E-state index contributed by atoms with van der Waals surface area (Å²) in [6.45, 7) is 5.70. The van der Waals surface area contributed by atoms with Crippen LogP contribution in [0.1, 0.15) is 34.1 Å². The topological polar surface area (TPSA) is 63.1 Å². The summed E-state index contributed by atoms with van der Waals surface area (Å²) in [6.07, 6.45) is 1.99. The summed E-state index contributed by atoms with van der Waals surface area (Å²) in [7, 11) is 0. The van der Waals surface area contributed by atoms with Gasteiger partial charge in [-0.1, -0.05) is 29.8 Å². The van der Waals surface area contributed by atoms with Crippen LogP contribution in [0.3, 0.4) is 0 Å². The molecule has 1 aromatic heterocycles. The SMILES string of the molecule is Cc1cccc(CC(C(=O)O)c2cnc(C)c(C)n2)c1. The summed E-state index contributed by atoms with van der Waals surface area (Å²) in [6, 6.07) is 7.88. The van der Waals surface area contributed by atoms with Gasteiger partial charge in [-0.25, -0.2) is 0 Å². The maximum Gasteiger partial charge on any atom is 0.312 e. The van der Waals surface area contributed by atoms with Crippen molar-refractivity contribution in [3.05, 3.63) is 58.7 Å². The molecule has 1 unspecified atom stereocenters. The number of aryl methyl sites for hydroxylation is 3. The molecule has 2 aromatic rings. The Labute approximate surface area is 118 Å². The fourth-order valence-electron chi connectivity index (χ4n) is 2.12. The third-order valence-electron chi connectivity index (χ3n) is 3.39. The predicted molar refractivity (Wildman–Crippen MR) is 76.8 cm³/mol. The van der Waals surface area contributed by atoms with E-state index >= 15 is 0 Å². The van der Waals surface area contributed by atoms with Crippen LogP contribution in [-0.4, -0.2) is 21.0 Å². The first-order chi connectivity index (χ1) is 9.47. The lowest BCUT2D eigenvalue weighted by atomic mass is 9.95. The van der Waals surface area contributed by atoms with Gasteiger partial charge in [-0.2, -0.15) is 0 Å². The van der Waals surface area contributed by atoms with Crippen LogP contribution >= 0.6 is 0 Å². The fourth-order valence-corrected chi connectivity index (χ4v) is 2.12. The third kappa shape index (κ3) is 3.20. The molecule has 0 aliphatic carbocycles. The van der Waals surface area contributed by atoms with Crippen LogP contribution in [-0.2, 0) is 11.2 Å². The highest BCUT2D eigenvalue weighted by molar-refractivity contribution is 5.75. The zero-order valence-electron chi connectivity index (χ0n) is 11.9. The molecule has 2 rings (SSSR count). The number of rotatable bonds is 4. The molecule has 0 aliphatic rings. The zero-order chi connectivity index (χ0) is 14.7. The minimum absolute atomic E-state index is 0.425. The largest absolute Gasteiger partial charge is 0.481 e. The molecular formula is C16H18N2O2. The standard InChI is InChI=1S/C16H18N2O2/c1-10-5-4-6-13(7-10)8-14(16(19)20)15-9-17-11(2)12(3)18-15/h4-7,9,14H,8H2,1-3H3,(H,19,20). The van der Waals surface area contributed by atoms with Crippen molar-refractivity contribution < 1.29 is 9.90 Å². The van der Waals surface area contributed by atoms with Crippen molar-refractivity contribution in [1.82, 2.24) is 9.97 Å². The van der Waals surface area contributed by atoms with Crippen molar-refractivity contribution in [2.75, 3.05) is 0 Å². The van der Waals surface area contributed by atoms with Crippen LogP contribution in [0.4, 0.5) is 0 Å². The second-order valence-electron chi connectivity index (χ2n) is 5.05. The molecule has 1 heterocycles. The van der Waals surface area contributed by atoms with Crippen molar-refractivity contribution in [2.24, 2.45) is 0 Å². The summed E-state index contributed by atoms with van der Waals surface area (Å²) in [4.78, 5) is 20.1. The van der Waals surface area contributed by atoms with Crippen LogP contribution in [0.5, 0.6) is 0 Å². The number of carbonyl (C=O) groups is 1. The van der Waals surface area contributed by atoms with Gasteiger partial charge in [0.05, 0.1) is 17.1 Å². The molecule has 1 N–H and O–H groups in total. The van der Waals surface area contributed by atoms with Gasteiger partial charge in [0.15, 0.2) is 0 Å². The number of benzene rings is 1. The van der Waals surface area contributed by atoms with E-state index < -0.39 is 11.9 Å². The first kappa shape index (κ1) is 14.2. The predicted octanol–water partition coefficient (Wildman–Crippen LogP) is 2.81. The second kappa shape index (κ2) is 5.82. The van der Waals surface area contributed by atoms with Crippen molar-refractivity contribution in [3.63, 3.8) is 0 Å². The monoisotopic (exact) mass is 270 g/mol. The van der Waals surface area contributed by atoms with Crippen LogP contribution < -0.4 is 0 Å². The summed E-state index contributed by atoms with van der Waals surface area (Å²) in [5.41, 5.74) is 4.24. The first-order valence-corrected chi connectivity index (χ1v) is 6.56. The maximum atomic E-state index is 11.5. The van der Waals surface area contributed by atoms with Crippen LogP contribution in [0.25, 0.3) is 0 Å². The van der Waals surface area contributed by atoms with E-state index in [4.69, 9.17) is 0 Å². The van der Waals surface area contributed by atoms with Gasteiger partial charge in [-0.3, -0.25) is 14.8 Å². The van der Waals surface area contributed by atoms with E-state index in [1.165, 1.54) is 0 Å². The van der Waals surface area contributed by atoms with Gasteiger partial charge in [0, 0.05) is 6.20 Å². The van der Waals surface area contributed by atoms with Crippen LogP contribution in [0, 0.1) is 20.8 Å². The average Bonchev–Trinajstić information content (AvgIpc) is 2.39.